The second-order valence-corrected chi connectivity index (χ2v) is 7.64. The maximum Gasteiger partial charge on any atom is 0.262 e. The number of benzene rings is 2. The van der Waals surface area contributed by atoms with Gasteiger partial charge in [-0.2, -0.15) is 0 Å². The van der Waals surface area contributed by atoms with Crippen molar-refractivity contribution in [3.8, 4) is 11.5 Å². The Morgan fingerprint density at radius 3 is 2.71 bits per heavy atom. The number of methoxy groups -OCH3 is 1. The molecule has 9 nitrogen and oxygen atoms in total. The van der Waals surface area contributed by atoms with Gasteiger partial charge in [0, 0.05) is 17.8 Å². The molecule has 2 amide bonds. The summed E-state index contributed by atoms with van der Waals surface area (Å²) in [5.74, 6) is 0.0679. The van der Waals surface area contributed by atoms with Gasteiger partial charge in [-0.15, -0.1) is 0 Å². The quantitative estimate of drug-likeness (QED) is 0.661. The molecule has 1 aliphatic heterocycles. The van der Waals surface area contributed by atoms with Crippen LogP contribution in [0, 0.1) is 0 Å². The maximum atomic E-state index is 12.1. The monoisotopic (exact) mass is 405 g/mol. The average molecular weight is 405 g/mol. The van der Waals surface area contributed by atoms with E-state index in [2.05, 4.69) is 10.6 Å². The van der Waals surface area contributed by atoms with E-state index in [-0.39, 0.29) is 28.8 Å². The van der Waals surface area contributed by atoms with E-state index in [0.29, 0.717) is 18.6 Å². The van der Waals surface area contributed by atoms with Crippen molar-refractivity contribution in [2.75, 3.05) is 24.4 Å². The molecule has 3 rings (SSSR count). The lowest BCUT2D eigenvalue weighted by Crippen LogP contribution is -2.21. The van der Waals surface area contributed by atoms with Crippen LogP contribution >= 0.6 is 0 Å². The van der Waals surface area contributed by atoms with E-state index in [1.807, 2.05) is 0 Å². The van der Waals surface area contributed by atoms with Gasteiger partial charge in [0.25, 0.3) is 5.91 Å². The fraction of sp³-hybridized carbons (Fsp3) is 0.222. The minimum absolute atomic E-state index is 0.0288. The Bertz CT molecular complexity index is 1040. The zero-order chi connectivity index (χ0) is 20.3. The van der Waals surface area contributed by atoms with Crippen LogP contribution in [0.25, 0.3) is 0 Å². The van der Waals surface area contributed by atoms with Crippen LogP contribution in [-0.2, 0) is 26.0 Å². The van der Waals surface area contributed by atoms with E-state index in [1.165, 1.54) is 25.3 Å². The summed E-state index contributed by atoms with van der Waals surface area (Å²) < 4.78 is 33.7. The highest BCUT2D eigenvalue weighted by Gasteiger charge is 2.17. The highest BCUT2D eigenvalue weighted by molar-refractivity contribution is 7.89. The number of sulfonamides is 1. The molecule has 0 aromatic heterocycles. The van der Waals surface area contributed by atoms with Crippen LogP contribution in [0.1, 0.15) is 12.0 Å². The number of hydrogen-bond donors (Lipinski definition) is 3. The summed E-state index contributed by atoms with van der Waals surface area (Å²) in [6.45, 7) is -0.276. The number of fused-ring (bicyclic) bond motifs is 1. The second kappa shape index (κ2) is 7.87. The topological polar surface area (TPSA) is 137 Å². The Balaban J connectivity index is 1.64. The van der Waals surface area contributed by atoms with Gasteiger partial charge in [-0.25, -0.2) is 13.6 Å². The van der Waals surface area contributed by atoms with E-state index < -0.39 is 15.9 Å². The molecular formula is C18H19N3O6S. The van der Waals surface area contributed by atoms with Crippen LogP contribution < -0.4 is 25.2 Å². The summed E-state index contributed by atoms with van der Waals surface area (Å²) >= 11 is 0. The Hall–Kier alpha value is -3.11. The van der Waals surface area contributed by atoms with E-state index in [9.17, 15) is 18.0 Å². The molecule has 0 spiro atoms. The van der Waals surface area contributed by atoms with Crippen LogP contribution in [0.5, 0.6) is 11.5 Å². The number of amides is 2. The van der Waals surface area contributed by atoms with Gasteiger partial charge in [-0.05, 0) is 48.4 Å². The number of carbonyl (C=O) groups is 2. The maximum absolute atomic E-state index is 12.1. The van der Waals surface area contributed by atoms with Crippen molar-refractivity contribution in [2.45, 2.75) is 17.7 Å². The van der Waals surface area contributed by atoms with Crippen LogP contribution in [0.2, 0.25) is 0 Å². The molecule has 28 heavy (non-hydrogen) atoms. The number of primary sulfonamides is 1. The minimum atomic E-state index is -4.01. The zero-order valence-corrected chi connectivity index (χ0v) is 15.8. The Morgan fingerprint density at radius 1 is 1.21 bits per heavy atom. The molecule has 148 valence electrons. The first-order chi connectivity index (χ1) is 13.3. The molecule has 0 aliphatic carbocycles. The van der Waals surface area contributed by atoms with Crippen molar-refractivity contribution in [3.63, 3.8) is 0 Å². The van der Waals surface area contributed by atoms with Crippen molar-refractivity contribution in [1.82, 2.24) is 0 Å². The molecule has 10 heteroatoms. The number of rotatable bonds is 6. The lowest BCUT2D eigenvalue weighted by atomic mass is 10.0. The van der Waals surface area contributed by atoms with Crippen LogP contribution in [-0.4, -0.2) is 33.9 Å². The Kier molecular flexibility index (Phi) is 5.52. The summed E-state index contributed by atoms with van der Waals surface area (Å²) in [6, 6.07) is 9.26. The average Bonchev–Trinajstić information content (AvgIpc) is 2.65. The van der Waals surface area contributed by atoms with Gasteiger partial charge < -0.3 is 20.1 Å². The molecule has 0 saturated carbocycles. The van der Waals surface area contributed by atoms with Gasteiger partial charge >= 0.3 is 0 Å². The second-order valence-electron chi connectivity index (χ2n) is 6.11. The summed E-state index contributed by atoms with van der Waals surface area (Å²) in [4.78, 5) is 23.3. The fourth-order valence-corrected chi connectivity index (χ4v) is 3.50. The molecule has 1 aliphatic rings. The van der Waals surface area contributed by atoms with Crippen molar-refractivity contribution >= 4 is 33.2 Å². The number of nitrogens with one attached hydrogen (secondary N) is 2. The number of aryl methyl sites for hydroxylation is 1. The lowest BCUT2D eigenvalue weighted by Gasteiger charge is -2.17. The van der Waals surface area contributed by atoms with Gasteiger partial charge in [0.15, 0.2) is 6.61 Å². The van der Waals surface area contributed by atoms with Crippen LogP contribution in [0.3, 0.4) is 0 Å². The third kappa shape index (κ3) is 4.59. The van der Waals surface area contributed by atoms with Crippen molar-refractivity contribution in [2.24, 2.45) is 5.14 Å². The first kappa shape index (κ1) is 19.6. The van der Waals surface area contributed by atoms with Gasteiger partial charge in [0.1, 0.15) is 16.4 Å². The van der Waals surface area contributed by atoms with Gasteiger partial charge in [0.2, 0.25) is 15.9 Å². The summed E-state index contributed by atoms with van der Waals surface area (Å²) in [5.41, 5.74) is 1.92. The number of nitrogens with two attached hydrogens (primary N) is 1. The predicted octanol–water partition coefficient (Wildman–Crippen LogP) is 1.24. The summed E-state index contributed by atoms with van der Waals surface area (Å²) in [7, 11) is -2.69. The highest BCUT2D eigenvalue weighted by Crippen LogP contribution is 2.27. The van der Waals surface area contributed by atoms with E-state index >= 15 is 0 Å². The van der Waals surface area contributed by atoms with Crippen molar-refractivity contribution in [1.29, 1.82) is 0 Å². The number of carbonyl (C=O) groups excluding carboxylic acids is 2. The van der Waals surface area contributed by atoms with Crippen molar-refractivity contribution < 1.29 is 27.5 Å². The molecular weight excluding hydrogens is 386 g/mol. The predicted molar refractivity (Wildman–Crippen MR) is 102 cm³/mol. The van der Waals surface area contributed by atoms with Crippen molar-refractivity contribution in [3.05, 3.63) is 42.0 Å². The largest absolute Gasteiger partial charge is 0.495 e. The number of anilines is 2. The molecule has 0 atom stereocenters. The molecule has 0 unspecified atom stereocenters. The standard InChI is InChI=1S/C18H19N3O6S/c1-26-15-6-3-12(9-16(15)28(19,24)25)20-18(23)10-27-13-4-5-14-11(8-13)2-7-17(22)21-14/h3-6,8-9H,2,7,10H2,1H3,(H,20,23)(H,21,22)(H2,19,24,25). The first-order valence-corrected chi connectivity index (χ1v) is 9.87. The minimum Gasteiger partial charge on any atom is -0.495 e. The Labute approximate surface area is 161 Å². The third-order valence-electron chi connectivity index (χ3n) is 4.10. The molecule has 4 N–H and O–H groups in total. The highest BCUT2D eigenvalue weighted by atomic mass is 32.2. The third-order valence-corrected chi connectivity index (χ3v) is 5.03. The van der Waals surface area contributed by atoms with E-state index in [1.54, 1.807) is 18.2 Å². The fourth-order valence-electron chi connectivity index (χ4n) is 2.77. The number of ether oxygens (including phenoxy) is 2. The molecule has 2 aromatic rings. The number of hydrogen-bond acceptors (Lipinski definition) is 6. The van der Waals surface area contributed by atoms with E-state index in [4.69, 9.17) is 14.6 Å². The first-order valence-electron chi connectivity index (χ1n) is 8.32. The molecule has 0 bridgehead atoms. The molecule has 0 fully saturated rings. The van der Waals surface area contributed by atoms with Gasteiger partial charge in [-0.3, -0.25) is 9.59 Å². The van der Waals surface area contributed by atoms with Crippen LogP contribution in [0.15, 0.2) is 41.3 Å². The molecule has 2 aromatic carbocycles. The van der Waals surface area contributed by atoms with Gasteiger partial charge in [-0.1, -0.05) is 0 Å². The smallest absolute Gasteiger partial charge is 0.262 e. The molecule has 0 saturated heterocycles. The van der Waals surface area contributed by atoms with Gasteiger partial charge in [0.05, 0.1) is 7.11 Å². The lowest BCUT2D eigenvalue weighted by molar-refractivity contribution is -0.118. The normalized spacial score (nSPS) is 13.3. The van der Waals surface area contributed by atoms with E-state index in [0.717, 1.165) is 11.3 Å². The SMILES string of the molecule is COc1ccc(NC(=O)COc2ccc3c(c2)CCC(=O)N3)cc1S(N)(=O)=O. The zero-order valence-electron chi connectivity index (χ0n) is 15.0. The molecule has 0 radical (unpaired) electrons. The van der Waals surface area contributed by atoms with Crippen LogP contribution in [0.4, 0.5) is 11.4 Å². The summed E-state index contributed by atoms with van der Waals surface area (Å²) in [6.07, 6.45) is 1.01. The molecule has 1 heterocycles. The Morgan fingerprint density at radius 2 is 2.00 bits per heavy atom. The summed E-state index contributed by atoms with van der Waals surface area (Å²) in [5, 5.41) is 10.5.